The van der Waals surface area contributed by atoms with Crippen LogP contribution >= 0.6 is 15.9 Å². The Morgan fingerprint density at radius 2 is 2.27 bits per heavy atom. The molecular weight excluding hydrogens is 352 g/mol. The van der Waals surface area contributed by atoms with Crippen molar-refractivity contribution in [2.24, 2.45) is 5.16 Å². The predicted octanol–water partition coefficient (Wildman–Crippen LogP) is 1.61. The van der Waals surface area contributed by atoms with Gasteiger partial charge in [-0.3, -0.25) is 4.79 Å². The minimum Gasteiger partial charge on any atom is -0.507 e. The van der Waals surface area contributed by atoms with Crippen LogP contribution < -0.4 is 5.32 Å². The van der Waals surface area contributed by atoms with E-state index < -0.39 is 5.91 Å². The van der Waals surface area contributed by atoms with Crippen molar-refractivity contribution in [1.82, 2.24) is 15.3 Å². The Bertz CT molecular complexity index is 671. The normalized spacial score (nSPS) is 11.4. The zero-order chi connectivity index (χ0) is 15.9. The SMILES string of the molecule is O=C(NCCc1cnc[nH]1)/C(Cc1ccc(O)c(Br)c1)=N\O. The van der Waals surface area contributed by atoms with Crippen molar-refractivity contribution in [1.29, 1.82) is 0 Å². The minimum absolute atomic E-state index is 0.00204. The van der Waals surface area contributed by atoms with Gasteiger partial charge in [-0.1, -0.05) is 11.2 Å². The molecule has 1 aromatic heterocycles. The summed E-state index contributed by atoms with van der Waals surface area (Å²) in [7, 11) is 0. The minimum atomic E-state index is -0.439. The van der Waals surface area contributed by atoms with Gasteiger partial charge in [-0.15, -0.1) is 0 Å². The number of imidazole rings is 1. The molecule has 1 amide bonds. The predicted molar refractivity (Wildman–Crippen MR) is 84.0 cm³/mol. The third-order valence-corrected chi connectivity index (χ3v) is 3.64. The molecule has 1 aromatic carbocycles. The van der Waals surface area contributed by atoms with Crippen LogP contribution in [-0.2, 0) is 17.6 Å². The highest BCUT2D eigenvalue weighted by atomic mass is 79.9. The largest absolute Gasteiger partial charge is 0.507 e. The average Bonchev–Trinajstić information content (AvgIpc) is 3.01. The number of rotatable bonds is 6. The third-order valence-electron chi connectivity index (χ3n) is 3.00. The van der Waals surface area contributed by atoms with Crippen molar-refractivity contribution in [2.75, 3.05) is 6.54 Å². The molecule has 0 aliphatic rings. The Labute approximate surface area is 135 Å². The van der Waals surface area contributed by atoms with Crippen molar-refractivity contribution in [3.8, 4) is 5.75 Å². The Morgan fingerprint density at radius 1 is 1.45 bits per heavy atom. The number of benzene rings is 1. The summed E-state index contributed by atoms with van der Waals surface area (Å²) in [5, 5.41) is 24.2. The first-order valence-electron chi connectivity index (χ1n) is 6.54. The molecule has 4 N–H and O–H groups in total. The van der Waals surface area contributed by atoms with E-state index in [0.717, 1.165) is 11.3 Å². The van der Waals surface area contributed by atoms with Crippen LogP contribution in [0.15, 0.2) is 40.4 Å². The number of halogens is 1. The molecule has 2 aromatic rings. The van der Waals surface area contributed by atoms with Crippen molar-refractivity contribution < 1.29 is 15.1 Å². The first-order valence-corrected chi connectivity index (χ1v) is 7.33. The number of H-pyrrole nitrogens is 1. The third kappa shape index (κ3) is 4.32. The van der Waals surface area contributed by atoms with E-state index in [1.807, 2.05) is 0 Å². The quantitative estimate of drug-likeness (QED) is 0.353. The number of carbonyl (C=O) groups is 1. The number of amides is 1. The van der Waals surface area contributed by atoms with Gasteiger partial charge in [-0.05, 0) is 33.6 Å². The van der Waals surface area contributed by atoms with Gasteiger partial charge in [0, 0.05) is 31.3 Å². The highest BCUT2D eigenvalue weighted by Gasteiger charge is 2.13. The summed E-state index contributed by atoms with van der Waals surface area (Å²) in [4.78, 5) is 18.8. The summed E-state index contributed by atoms with van der Waals surface area (Å²) in [6.07, 6.45) is 4.02. The Hall–Kier alpha value is -2.35. The molecule has 0 spiro atoms. The number of carbonyl (C=O) groups excluding carboxylic acids is 1. The van der Waals surface area contributed by atoms with Gasteiger partial charge >= 0.3 is 0 Å². The second-order valence-corrected chi connectivity index (χ2v) is 5.45. The monoisotopic (exact) mass is 366 g/mol. The number of phenols is 1. The Kier molecular flexibility index (Phi) is 5.54. The number of nitrogens with one attached hydrogen (secondary N) is 2. The fraction of sp³-hybridized carbons (Fsp3) is 0.214. The van der Waals surface area contributed by atoms with Gasteiger partial charge in [-0.2, -0.15) is 0 Å². The molecule has 22 heavy (non-hydrogen) atoms. The zero-order valence-corrected chi connectivity index (χ0v) is 13.2. The number of oxime groups is 1. The maximum Gasteiger partial charge on any atom is 0.269 e. The van der Waals surface area contributed by atoms with Crippen LogP contribution in [0.25, 0.3) is 0 Å². The number of hydrogen-bond donors (Lipinski definition) is 4. The van der Waals surface area contributed by atoms with Gasteiger partial charge in [-0.25, -0.2) is 4.98 Å². The molecule has 0 fully saturated rings. The summed E-state index contributed by atoms with van der Waals surface area (Å²) >= 11 is 3.20. The molecule has 0 saturated heterocycles. The molecule has 7 nitrogen and oxygen atoms in total. The van der Waals surface area contributed by atoms with Crippen LogP contribution in [0.1, 0.15) is 11.3 Å². The second-order valence-electron chi connectivity index (χ2n) is 4.59. The lowest BCUT2D eigenvalue weighted by Crippen LogP contribution is -2.33. The Morgan fingerprint density at radius 3 is 2.91 bits per heavy atom. The van der Waals surface area contributed by atoms with Crippen molar-refractivity contribution >= 4 is 27.5 Å². The molecule has 2 rings (SSSR count). The molecule has 0 aliphatic carbocycles. The van der Waals surface area contributed by atoms with E-state index in [0.29, 0.717) is 17.4 Å². The Balaban J connectivity index is 1.90. The maximum atomic E-state index is 12.0. The molecule has 0 radical (unpaired) electrons. The molecule has 0 aliphatic heterocycles. The van der Waals surface area contributed by atoms with Crippen LogP contribution in [0.3, 0.4) is 0 Å². The van der Waals surface area contributed by atoms with E-state index in [4.69, 9.17) is 5.21 Å². The number of nitrogens with zero attached hydrogens (tertiary/aromatic N) is 2. The van der Waals surface area contributed by atoms with Crippen LogP contribution in [0.2, 0.25) is 0 Å². The molecule has 116 valence electrons. The highest BCUT2D eigenvalue weighted by molar-refractivity contribution is 9.10. The fourth-order valence-corrected chi connectivity index (χ4v) is 2.28. The molecular formula is C14H15BrN4O3. The molecule has 0 atom stereocenters. The molecule has 0 unspecified atom stereocenters. The first kappa shape index (κ1) is 16.0. The van der Waals surface area contributed by atoms with Gasteiger partial charge in [0.05, 0.1) is 10.8 Å². The van der Waals surface area contributed by atoms with Crippen molar-refractivity contribution in [3.05, 3.63) is 46.5 Å². The van der Waals surface area contributed by atoms with Gasteiger partial charge < -0.3 is 20.6 Å². The average molecular weight is 367 g/mol. The van der Waals surface area contributed by atoms with E-state index in [2.05, 4.69) is 36.4 Å². The van der Waals surface area contributed by atoms with E-state index in [9.17, 15) is 9.90 Å². The van der Waals surface area contributed by atoms with Crippen molar-refractivity contribution in [3.63, 3.8) is 0 Å². The standard InChI is InChI=1S/C14H15BrN4O3/c15-11-5-9(1-2-13(11)20)6-12(19-22)14(21)17-4-3-10-7-16-8-18-10/h1-2,5,7-8,20,22H,3-4,6H2,(H,16,18)(H,17,21)/b19-12-. The van der Waals surface area contributed by atoms with Gasteiger partial charge in [0.1, 0.15) is 11.5 Å². The van der Waals surface area contributed by atoms with Crippen LogP contribution in [-0.4, -0.2) is 38.4 Å². The number of phenolic OH excluding ortho intramolecular Hbond substituents is 1. The number of aromatic hydroxyl groups is 1. The lowest BCUT2D eigenvalue weighted by Gasteiger charge is -2.07. The van der Waals surface area contributed by atoms with E-state index in [1.165, 1.54) is 6.07 Å². The molecule has 1 heterocycles. The summed E-state index contributed by atoms with van der Waals surface area (Å²) < 4.78 is 0.516. The van der Waals surface area contributed by atoms with E-state index in [1.54, 1.807) is 24.7 Å². The molecule has 0 bridgehead atoms. The molecule has 8 heteroatoms. The second kappa shape index (κ2) is 7.60. The van der Waals surface area contributed by atoms with Gasteiger partial charge in [0.15, 0.2) is 0 Å². The number of aromatic nitrogens is 2. The van der Waals surface area contributed by atoms with Crippen molar-refractivity contribution in [2.45, 2.75) is 12.8 Å². The lowest BCUT2D eigenvalue weighted by molar-refractivity contribution is -0.115. The highest BCUT2D eigenvalue weighted by Crippen LogP contribution is 2.24. The van der Waals surface area contributed by atoms with E-state index in [-0.39, 0.29) is 17.9 Å². The maximum absolute atomic E-state index is 12.0. The topological polar surface area (TPSA) is 111 Å². The summed E-state index contributed by atoms with van der Waals surface area (Å²) in [5.41, 5.74) is 1.65. The number of aromatic amines is 1. The summed E-state index contributed by atoms with van der Waals surface area (Å²) in [5.74, 6) is -0.332. The van der Waals surface area contributed by atoms with Gasteiger partial charge in [0.25, 0.3) is 5.91 Å². The van der Waals surface area contributed by atoms with Crippen LogP contribution in [0.4, 0.5) is 0 Å². The number of hydrogen-bond acceptors (Lipinski definition) is 5. The lowest BCUT2D eigenvalue weighted by atomic mass is 10.1. The summed E-state index contributed by atoms with van der Waals surface area (Å²) in [6.45, 7) is 0.402. The zero-order valence-electron chi connectivity index (χ0n) is 11.6. The van der Waals surface area contributed by atoms with Crippen LogP contribution in [0.5, 0.6) is 5.75 Å². The van der Waals surface area contributed by atoms with E-state index >= 15 is 0 Å². The fourth-order valence-electron chi connectivity index (χ4n) is 1.85. The first-order chi connectivity index (χ1) is 10.6. The van der Waals surface area contributed by atoms with Crippen LogP contribution in [0, 0.1) is 0 Å². The molecule has 0 saturated carbocycles. The summed E-state index contributed by atoms with van der Waals surface area (Å²) in [6, 6.07) is 4.83. The van der Waals surface area contributed by atoms with Gasteiger partial charge in [0.2, 0.25) is 0 Å². The smallest absolute Gasteiger partial charge is 0.269 e.